The number of aryl methyl sites for hydroxylation is 1. The van der Waals surface area contributed by atoms with Gasteiger partial charge in [-0.3, -0.25) is 0 Å². The van der Waals surface area contributed by atoms with Gasteiger partial charge in [0.25, 0.3) is 0 Å². The maximum atomic E-state index is 6.08. The van der Waals surface area contributed by atoms with Crippen LogP contribution in [0.5, 0.6) is 0 Å². The molecular weight excluding hydrogens is 210 g/mol. The lowest BCUT2D eigenvalue weighted by Crippen LogP contribution is -2.24. The highest BCUT2D eigenvalue weighted by Gasteiger charge is 2.01. The van der Waals surface area contributed by atoms with Crippen LogP contribution < -0.4 is 5.32 Å². The van der Waals surface area contributed by atoms with Gasteiger partial charge < -0.3 is 9.88 Å². The van der Waals surface area contributed by atoms with E-state index in [4.69, 9.17) is 11.6 Å². The number of halogens is 1. The number of imidazole rings is 1. The molecule has 0 aromatic carbocycles. The number of rotatable bonds is 8. The third-order valence-electron chi connectivity index (χ3n) is 2.30. The fourth-order valence-corrected chi connectivity index (χ4v) is 1.81. The van der Waals surface area contributed by atoms with Crippen LogP contribution in [0.4, 0.5) is 0 Å². The third kappa shape index (κ3) is 5.80. The van der Waals surface area contributed by atoms with E-state index in [1.54, 1.807) is 0 Å². The largest absolute Gasteiger partial charge is 0.337 e. The molecule has 1 heterocycles. The van der Waals surface area contributed by atoms with Gasteiger partial charge in [-0.15, -0.1) is 11.6 Å². The summed E-state index contributed by atoms with van der Waals surface area (Å²) in [6, 6.07) is 0. The van der Waals surface area contributed by atoms with Crippen molar-refractivity contribution in [3.63, 3.8) is 0 Å². The number of hydrogen-bond donors (Lipinski definition) is 1. The minimum Gasteiger partial charge on any atom is -0.337 e. The van der Waals surface area contributed by atoms with Gasteiger partial charge in [0.1, 0.15) is 0 Å². The van der Waals surface area contributed by atoms with Gasteiger partial charge in [0, 0.05) is 30.9 Å². The monoisotopic (exact) mass is 229 g/mol. The van der Waals surface area contributed by atoms with Gasteiger partial charge in [-0.25, -0.2) is 4.98 Å². The molecule has 0 saturated carbocycles. The second-order valence-electron chi connectivity index (χ2n) is 3.74. The zero-order chi connectivity index (χ0) is 10.9. The van der Waals surface area contributed by atoms with E-state index in [1.807, 2.05) is 18.7 Å². The van der Waals surface area contributed by atoms with Crippen molar-refractivity contribution in [1.29, 1.82) is 0 Å². The number of nitrogens with zero attached hydrogens (tertiary/aromatic N) is 2. The highest BCUT2D eigenvalue weighted by Crippen LogP contribution is 2.02. The van der Waals surface area contributed by atoms with Gasteiger partial charge in [0.05, 0.1) is 6.33 Å². The topological polar surface area (TPSA) is 29.9 Å². The van der Waals surface area contributed by atoms with Crippen LogP contribution in [-0.2, 0) is 6.54 Å². The molecular formula is C11H20ClN3. The fourth-order valence-electron chi connectivity index (χ4n) is 1.48. The predicted molar refractivity (Wildman–Crippen MR) is 64.3 cm³/mol. The van der Waals surface area contributed by atoms with Crippen molar-refractivity contribution in [2.24, 2.45) is 0 Å². The molecule has 0 spiro atoms. The number of aromatic nitrogens is 2. The molecule has 0 amide bonds. The van der Waals surface area contributed by atoms with E-state index in [9.17, 15) is 0 Å². The molecule has 1 N–H and O–H groups in total. The third-order valence-corrected chi connectivity index (χ3v) is 2.67. The lowest BCUT2D eigenvalue weighted by atomic mass is 10.2. The predicted octanol–water partition coefficient (Wildman–Crippen LogP) is 2.27. The molecule has 0 fully saturated rings. The zero-order valence-electron chi connectivity index (χ0n) is 9.32. The van der Waals surface area contributed by atoms with Crippen LogP contribution in [-0.4, -0.2) is 28.0 Å². The van der Waals surface area contributed by atoms with Crippen molar-refractivity contribution < 1.29 is 0 Å². The summed E-state index contributed by atoms with van der Waals surface area (Å²) >= 11 is 6.08. The summed E-state index contributed by atoms with van der Waals surface area (Å²) in [6.07, 6.45) is 9.01. The summed E-state index contributed by atoms with van der Waals surface area (Å²) < 4.78 is 2.09. The highest BCUT2D eigenvalue weighted by molar-refractivity contribution is 6.20. The van der Waals surface area contributed by atoms with Gasteiger partial charge in [-0.05, 0) is 19.4 Å². The standard InChI is InChI=1S/C11H20ClN3/c1-2-4-11(12)9-13-5-3-7-15-8-6-14-10-15/h6,8,10-11,13H,2-5,7,9H2,1H3. The summed E-state index contributed by atoms with van der Waals surface area (Å²) in [5.74, 6) is 0. The highest BCUT2D eigenvalue weighted by atomic mass is 35.5. The number of nitrogens with one attached hydrogen (secondary N) is 1. The minimum absolute atomic E-state index is 0.281. The molecule has 15 heavy (non-hydrogen) atoms. The van der Waals surface area contributed by atoms with Crippen LogP contribution in [0.2, 0.25) is 0 Å². The Morgan fingerprint density at radius 2 is 2.40 bits per heavy atom. The first-order valence-electron chi connectivity index (χ1n) is 5.63. The smallest absolute Gasteiger partial charge is 0.0945 e. The summed E-state index contributed by atoms with van der Waals surface area (Å²) in [5.41, 5.74) is 0. The summed E-state index contributed by atoms with van der Waals surface area (Å²) in [5, 5.41) is 3.65. The molecule has 0 aliphatic rings. The number of alkyl halides is 1. The average Bonchev–Trinajstić information content (AvgIpc) is 2.70. The van der Waals surface area contributed by atoms with Crippen LogP contribution in [0, 0.1) is 0 Å². The van der Waals surface area contributed by atoms with Crippen LogP contribution in [0.1, 0.15) is 26.2 Å². The van der Waals surface area contributed by atoms with E-state index >= 15 is 0 Å². The Labute approximate surface area is 96.8 Å². The summed E-state index contributed by atoms with van der Waals surface area (Å²) in [6.45, 7) is 5.12. The minimum atomic E-state index is 0.281. The van der Waals surface area contributed by atoms with E-state index in [-0.39, 0.29) is 5.38 Å². The van der Waals surface area contributed by atoms with Gasteiger partial charge in [-0.2, -0.15) is 0 Å². The van der Waals surface area contributed by atoms with Crippen molar-refractivity contribution in [3.05, 3.63) is 18.7 Å². The van der Waals surface area contributed by atoms with Crippen LogP contribution >= 0.6 is 11.6 Å². The first kappa shape index (κ1) is 12.5. The van der Waals surface area contributed by atoms with Crippen molar-refractivity contribution in [2.45, 2.75) is 38.1 Å². The molecule has 0 saturated heterocycles. The van der Waals surface area contributed by atoms with Crippen LogP contribution in [0.3, 0.4) is 0 Å². The maximum Gasteiger partial charge on any atom is 0.0945 e. The molecule has 0 radical (unpaired) electrons. The Bertz CT molecular complexity index is 236. The molecule has 4 heteroatoms. The second kappa shape index (κ2) is 7.71. The Morgan fingerprint density at radius 1 is 1.53 bits per heavy atom. The Balaban J connectivity index is 1.93. The van der Waals surface area contributed by atoms with Crippen LogP contribution in [0.15, 0.2) is 18.7 Å². The van der Waals surface area contributed by atoms with Gasteiger partial charge >= 0.3 is 0 Å². The van der Waals surface area contributed by atoms with Crippen LogP contribution in [0.25, 0.3) is 0 Å². The maximum absolute atomic E-state index is 6.08. The number of hydrogen-bond acceptors (Lipinski definition) is 2. The van der Waals surface area contributed by atoms with Crippen molar-refractivity contribution in [2.75, 3.05) is 13.1 Å². The molecule has 1 rings (SSSR count). The molecule has 1 unspecified atom stereocenters. The molecule has 0 aliphatic heterocycles. The molecule has 86 valence electrons. The lowest BCUT2D eigenvalue weighted by Gasteiger charge is -2.09. The first-order valence-corrected chi connectivity index (χ1v) is 6.07. The normalized spacial score (nSPS) is 12.9. The van der Waals surface area contributed by atoms with E-state index in [1.165, 1.54) is 0 Å². The average molecular weight is 230 g/mol. The van der Waals surface area contributed by atoms with E-state index in [0.29, 0.717) is 0 Å². The Hall–Kier alpha value is -0.540. The Morgan fingerprint density at radius 3 is 3.07 bits per heavy atom. The summed E-state index contributed by atoms with van der Waals surface area (Å²) in [7, 11) is 0. The fraction of sp³-hybridized carbons (Fsp3) is 0.727. The van der Waals surface area contributed by atoms with E-state index < -0.39 is 0 Å². The molecule has 1 aromatic rings. The lowest BCUT2D eigenvalue weighted by molar-refractivity contribution is 0.563. The van der Waals surface area contributed by atoms with Gasteiger partial charge in [0.2, 0.25) is 0 Å². The molecule has 1 atom stereocenters. The molecule has 1 aromatic heterocycles. The quantitative estimate of drug-likeness (QED) is 0.548. The van der Waals surface area contributed by atoms with Gasteiger partial charge in [-0.1, -0.05) is 13.3 Å². The molecule has 0 bridgehead atoms. The SMILES string of the molecule is CCCC(Cl)CNCCCn1ccnc1. The van der Waals surface area contributed by atoms with E-state index in [2.05, 4.69) is 21.8 Å². The van der Waals surface area contributed by atoms with Crippen molar-refractivity contribution in [3.8, 4) is 0 Å². The second-order valence-corrected chi connectivity index (χ2v) is 4.36. The summed E-state index contributed by atoms with van der Waals surface area (Å²) in [4.78, 5) is 4.00. The first-order chi connectivity index (χ1) is 7.33. The van der Waals surface area contributed by atoms with E-state index in [0.717, 1.165) is 38.9 Å². The van der Waals surface area contributed by atoms with Crippen molar-refractivity contribution >= 4 is 11.6 Å². The van der Waals surface area contributed by atoms with Gasteiger partial charge in [0.15, 0.2) is 0 Å². The Kier molecular flexibility index (Phi) is 6.44. The molecule has 3 nitrogen and oxygen atoms in total. The zero-order valence-corrected chi connectivity index (χ0v) is 10.1. The molecule has 0 aliphatic carbocycles. The van der Waals surface area contributed by atoms with Crippen molar-refractivity contribution in [1.82, 2.24) is 14.9 Å².